The van der Waals surface area contributed by atoms with E-state index in [1.165, 1.54) is 0 Å². The van der Waals surface area contributed by atoms with E-state index in [1.54, 1.807) is 23.7 Å². The predicted molar refractivity (Wildman–Crippen MR) is 61.8 cm³/mol. The molecule has 0 aliphatic rings. The summed E-state index contributed by atoms with van der Waals surface area (Å²) in [4.78, 5) is 4.05. The van der Waals surface area contributed by atoms with Crippen molar-refractivity contribution >= 4 is 11.3 Å². The smallest absolute Gasteiger partial charge is 0.117 e. The van der Waals surface area contributed by atoms with Gasteiger partial charge in [0.2, 0.25) is 0 Å². The summed E-state index contributed by atoms with van der Waals surface area (Å²) in [6.07, 6.45) is 4.09. The van der Waals surface area contributed by atoms with Crippen LogP contribution < -0.4 is 0 Å². The highest BCUT2D eigenvalue weighted by Gasteiger charge is 2.29. The average Bonchev–Trinajstić information content (AvgIpc) is 2.83. The lowest BCUT2D eigenvalue weighted by Gasteiger charge is -2.26. The summed E-state index contributed by atoms with van der Waals surface area (Å²) in [6, 6.07) is 5.72. The Kier molecular flexibility index (Phi) is 2.84. The van der Waals surface area contributed by atoms with Gasteiger partial charge >= 0.3 is 0 Å². The Balaban J connectivity index is 2.47. The van der Waals surface area contributed by atoms with Gasteiger partial charge in [-0.2, -0.15) is 11.3 Å². The number of thiophene rings is 1. The number of pyridine rings is 1. The fraction of sp³-hybridized carbons (Fsp3) is 0.250. The Bertz CT molecular complexity index is 412. The van der Waals surface area contributed by atoms with Gasteiger partial charge in [0.1, 0.15) is 5.60 Å². The molecule has 2 nitrogen and oxygen atoms in total. The molecule has 78 valence electrons. The average molecular weight is 219 g/mol. The van der Waals surface area contributed by atoms with Crippen LogP contribution in [0.3, 0.4) is 0 Å². The molecule has 0 spiro atoms. The van der Waals surface area contributed by atoms with Crippen LogP contribution in [0, 0.1) is 0 Å². The van der Waals surface area contributed by atoms with Crippen LogP contribution in [0.25, 0.3) is 0 Å². The number of aliphatic hydroxyl groups is 1. The van der Waals surface area contributed by atoms with Crippen molar-refractivity contribution < 1.29 is 5.11 Å². The molecule has 2 aromatic rings. The van der Waals surface area contributed by atoms with Gasteiger partial charge in [-0.3, -0.25) is 4.98 Å². The van der Waals surface area contributed by atoms with Crippen molar-refractivity contribution in [3.05, 3.63) is 52.5 Å². The first kappa shape index (κ1) is 10.3. The molecule has 0 bridgehead atoms. The molecule has 1 N–H and O–H groups in total. The zero-order chi connectivity index (χ0) is 10.7. The summed E-state index contributed by atoms with van der Waals surface area (Å²) in [7, 11) is 0. The summed E-state index contributed by atoms with van der Waals surface area (Å²) in [5.41, 5.74) is 0.905. The van der Waals surface area contributed by atoms with Gasteiger partial charge in [-0.1, -0.05) is 13.0 Å². The van der Waals surface area contributed by atoms with Crippen molar-refractivity contribution in [3.63, 3.8) is 0 Å². The predicted octanol–water partition coefficient (Wildman–Crippen LogP) is 2.79. The third kappa shape index (κ3) is 1.80. The molecule has 0 aliphatic carbocycles. The van der Waals surface area contributed by atoms with E-state index in [1.807, 2.05) is 35.9 Å². The summed E-state index contributed by atoms with van der Waals surface area (Å²) in [6.45, 7) is 1.98. The van der Waals surface area contributed by atoms with Crippen molar-refractivity contribution in [1.29, 1.82) is 0 Å². The molecule has 0 fully saturated rings. The fourth-order valence-corrected chi connectivity index (χ4v) is 2.41. The molecule has 0 radical (unpaired) electrons. The van der Waals surface area contributed by atoms with Crippen LogP contribution in [0.5, 0.6) is 0 Å². The molecule has 0 saturated carbocycles. The van der Waals surface area contributed by atoms with E-state index < -0.39 is 5.60 Å². The van der Waals surface area contributed by atoms with E-state index >= 15 is 0 Å². The second kappa shape index (κ2) is 4.13. The third-order valence-corrected chi connectivity index (χ3v) is 3.33. The van der Waals surface area contributed by atoms with Crippen molar-refractivity contribution in [2.24, 2.45) is 0 Å². The Morgan fingerprint density at radius 3 is 2.80 bits per heavy atom. The summed E-state index contributed by atoms with van der Waals surface area (Å²) in [5.74, 6) is 0. The lowest BCUT2D eigenvalue weighted by molar-refractivity contribution is 0.0766. The Labute approximate surface area is 93.2 Å². The minimum Gasteiger partial charge on any atom is -0.380 e. The highest BCUT2D eigenvalue weighted by molar-refractivity contribution is 7.08. The largest absolute Gasteiger partial charge is 0.380 e. The van der Waals surface area contributed by atoms with Crippen LogP contribution in [-0.2, 0) is 5.60 Å². The number of aromatic nitrogens is 1. The van der Waals surface area contributed by atoms with E-state index in [2.05, 4.69) is 4.98 Å². The minimum absolute atomic E-state index is 0.648. The molecule has 2 heterocycles. The molecule has 2 aromatic heterocycles. The van der Waals surface area contributed by atoms with Gasteiger partial charge in [0.15, 0.2) is 0 Å². The second-order valence-electron chi connectivity index (χ2n) is 3.47. The zero-order valence-corrected chi connectivity index (χ0v) is 9.37. The molecule has 0 amide bonds. The molecule has 1 unspecified atom stereocenters. The van der Waals surface area contributed by atoms with Gasteiger partial charge in [0.05, 0.1) is 0 Å². The highest BCUT2D eigenvalue weighted by atomic mass is 32.1. The van der Waals surface area contributed by atoms with Crippen LogP contribution in [0.4, 0.5) is 0 Å². The van der Waals surface area contributed by atoms with E-state index in [9.17, 15) is 5.11 Å². The van der Waals surface area contributed by atoms with Crippen LogP contribution in [0.1, 0.15) is 24.5 Å². The molecule has 15 heavy (non-hydrogen) atoms. The summed E-state index contributed by atoms with van der Waals surface area (Å²) in [5, 5.41) is 14.6. The van der Waals surface area contributed by atoms with E-state index in [4.69, 9.17) is 0 Å². The first-order valence-corrected chi connectivity index (χ1v) is 5.87. The van der Waals surface area contributed by atoms with Gasteiger partial charge in [0.25, 0.3) is 0 Å². The molecule has 3 heteroatoms. The lowest BCUT2D eigenvalue weighted by atomic mass is 9.87. The molecular weight excluding hydrogens is 206 g/mol. The van der Waals surface area contributed by atoms with Crippen LogP contribution in [0.2, 0.25) is 0 Å². The van der Waals surface area contributed by atoms with E-state index in [-0.39, 0.29) is 0 Å². The van der Waals surface area contributed by atoms with E-state index in [0.29, 0.717) is 6.42 Å². The summed E-state index contributed by atoms with van der Waals surface area (Å²) < 4.78 is 0. The van der Waals surface area contributed by atoms with Gasteiger partial charge in [-0.25, -0.2) is 0 Å². The Hall–Kier alpha value is -1.19. The number of rotatable bonds is 3. The number of nitrogens with zero attached hydrogens (tertiary/aromatic N) is 1. The van der Waals surface area contributed by atoms with E-state index in [0.717, 1.165) is 11.1 Å². The van der Waals surface area contributed by atoms with Crippen molar-refractivity contribution in [2.45, 2.75) is 18.9 Å². The lowest BCUT2D eigenvalue weighted by Crippen LogP contribution is -2.25. The van der Waals surface area contributed by atoms with Crippen molar-refractivity contribution in [3.8, 4) is 0 Å². The standard InChI is InChI=1S/C12H13NOS/c1-2-12(14,11-5-7-15-9-11)10-4-3-6-13-8-10/h3-9,14H,2H2,1H3. The zero-order valence-electron chi connectivity index (χ0n) is 8.55. The van der Waals surface area contributed by atoms with Gasteiger partial charge < -0.3 is 5.11 Å². The first-order valence-electron chi connectivity index (χ1n) is 4.93. The van der Waals surface area contributed by atoms with Gasteiger partial charge in [-0.05, 0) is 34.9 Å². The molecule has 0 saturated heterocycles. The third-order valence-electron chi connectivity index (χ3n) is 2.65. The van der Waals surface area contributed by atoms with Crippen LogP contribution >= 0.6 is 11.3 Å². The van der Waals surface area contributed by atoms with Crippen LogP contribution in [-0.4, -0.2) is 10.1 Å². The Morgan fingerprint density at radius 1 is 1.40 bits per heavy atom. The highest BCUT2D eigenvalue weighted by Crippen LogP contribution is 2.33. The monoisotopic (exact) mass is 219 g/mol. The minimum atomic E-state index is -0.895. The number of hydrogen-bond acceptors (Lipinski definition) is 3. The SMILES string of the molecule is CCC(O)(c1cccnc1)c1ccsc1. The molecule has 2 rings (SSSR count). The van der Waals surface area contributed by atoms with Gasteiger partial charge in [-0.15, -0.1) is 0 Å². The van der Waals surface area contributed by atoms with Crippen molar-refractivity contribution in [2.75, 3.05) is 0 Å². The van der Waals surface area contributed by atoms with Gasteiger partial charge in [0, 0.05) is 18.0 Å². The fourth-order valence-electron chi connectivity index (χ4n) is 1.68. The molecular formula is C12H13NOS. The Morgan fingerprint density at radius 2 is 2.27 bits per heavy atom. The normalized spacial score (nSPS) is 14.8. The maximum Gasteiger partial charge on any atom is 0.117 e. The molecule has 0 aliphatic heterocycles. The topological polar surface area (TPSA) is 33.1 Å². The first-order chi connectivity index (χ1) is 7.27. The maximum absolute atomic E-state index is 10.6. The number of hydrogen-bond donors (Lipinski definition) is 1. The second-order valence-corrected chi connectivity index (χ2v) is 4.25. The summed E-state index contributed by atoms with van der Waals surface area (Å²) >= 11 is 1.60. The van der Waals surface area contributed by atoms with Crippen LogP contribution in [0.15, 0.2) is 41.4 Å². The van der Waals surface area contributed by atoms with Crippen molar-refractivity contribution in [1.82, 2.24) is 4.98 Å². The quantitative estimate of drug-likeness (QED) is 0.861. The maximum atomic E-state index is 10.6. The molecule has 0 aromatic carbocycles. The molecule has 1 atom stereocenters.